The molecule has 0 atom stereocenters. The smallest absolute Gasteiger partial charge is 0.260 e. The maximum absolute atomic E-state index is 12.3. The molecule has 1 N–H and O–H groups in total. The summed E-state index contributed by atoms with van der Waals surface area (Å²) in [4.78, 5) is 0. The number of nitrogens with one attached hydrogen (secondary N) is 1. The summed E-state index contributed by atoms with van der Waals surface area (Å²) in [6, 6.07) is 1.48. The van der Waals surface area contributed by atoms with Crippen LogP contribution in [0.4, 0.5) is 0 Å². The third-order valence-electron chi connectivity index (χ3n) is 2.77. The predicted octanol–water partition coefficient (Wildman–Crippen LogP) is 1.22. The Balaban J connectivity index is 2.24. The van der Waals surface area contributed by atoms with Gasteiger partial charge in [0.1, 0.15) is 0 Å². The van der Waals surface area contributed by atoms with Gasteiger partial charge >= 0.3 is 0 Å². The standard InChI is InChI=1S/C10H17N3O2S/c1-8(2)13(7-9-3-4-9)16(14,15)10-5-6-11-12-10/h5-6,8-9H,3-4,7H2,1-2H3,(H,11,12). The molecule has 6 heteroatoms. The second-order valence-electron chi connectivity index (χ2n) is 4.53. The minimum atomic E-state index is -3.40. The van der Waals surface area contributed by atoms with Gasteiger partial charge in [-0.3, -0.25) is 5.10 Å². The molecule has 0 aliphatic heterocycles. The fourth-order valence-corrected chi connectivity index (χ4v) is 3.27. The zero-order valence-corrected chi connectivity index (χ0v) is 10.4. The van der Waals surface area contributed by atoms with E-state index in [-0.39, 0.29) is 11.1 Å². The Kier molecular flexibility index (Phi) is 3.03. The topological polar surface area (TPSA) is 66.1 Å². The van der Waals surface area contributed by atoms with E-state index in [0.717, 1.165) is 12.8 Å². The summed E-state index contributed by atoms with van der Waals surface area (Å²) in [6.07, 6.45) is 3.74. The van der Waals surface area contributed by atoms with Crippen molar-refractivity contribution in [2.75, 3.05) is 6.54 Å². The number of aromatic nitrogens is 2. The van der Waals surface area contributed by atoms with E-state index in [1.807, 2.05) is 13.8 Å². The first-order valence-electron chi connectivity index (χ1n) is 5.53. The fraction of sp³-hybridized carbons (Fsp3) is 0.700. The van der Waals surface area contributed by atoms with Crippen LogP contribution in [0, 0.1) is 5.92 Å². The summed E-state index contributed by atoms with van der Waals surface area (Å²) >= 11 is 0. The van der Waals surface area contributed by atoms with Crippen molar-refractivity contribution >= 4 is 10.0 Å². The normalized spacial score (nSPS) is 17.2. The Morgan fingerprint density at radius 2 is 2.25 bits per heavy atom. The average molecular weight is 243 g/mol. The average Bonchev–Trinajstić information content (AvgIpc) is 2.84. The van der Waals surface area contributed by atoms with E-state index < -0.39 is 10.0 Å². The number of rotatable bonds is 5. The van der Waals surface area contributed by atoms with Crippen LogP contribution in [0.1, 0.15) is 26.7 Å². The zero-order valence-electron chi connectivity index (χ0n) is 9.55. The summed E-state index contributed by atoms with van der Waals surface area (Å²) in [5.41, 5.74) is 0. The summed E-state index contributed by atoms with van der Waals surface area (Å²) in [7, 11) is -3.40. The first kappa shape index (κ1) is 11.6. The first-order valence-corrected chi connectivity index (χ1v) is 6.97. The number of aromatic amines is 1. The Hall–Kier alpha value is -0.880. The minimum absolute atomic E-state index is 0.0195. The van der Waals surface area contributed by atoms with Gasteiger partial charge in [-0.15, -0.1) is 0 Å². The first-order chi connectivity index (χ1) is 7.51. The van der Waals surface area contributed by atoms with E-state index in [9.17, 15) is 8.42 Å². The molecule has 0 unspecified atom stereocenters. The summed E-state index contributed by atoms with van der Waals surface area (Å²) in [6.45, 7) is 4.42. The lowest BCUT2D eigenvalue weighted by Crippen LogP contribution is -2.38. The third kappa shape index (κ3) is 2.27. The molecule has 0 spiro atoms. The van der Waals surface area contributed by atoms with Crippen molar-refractivity contribution in [1.29, 1.82) is 0 Å². The molecule has 0 aromatic carbocycles. The molecule has 1 aromatic heterocycles. The van der Waals surface area contributed by atoms with Crippen LogP contribution < -0.4 is 0 Å². The van der Waals surface area contributed by atoms with Gasteiger partial charge in [0.05, 0.1) is 6.20 Å². The number of nitrogens with zero attached hydrogens (tertiary/aromatic N) is 2. The quantitative estimate of drug-likeness (QED) is 0.845. The molecular formula is C10H17N3O2S. The van der Waals surface area contributed by atoms with Gasteiger partial charge in [0, 0.05) is 12.6 Å². The van der Waals surface area contributed by atoms with Crippen molar-refractivity contribution in [3.63, 3.8) is 0 Å². The van der Waals surface area contributed by atoms with Crippen LogP contribution in [0.25, 0.3) is 0 Å². The van der Waals surface area contributed by atoms with E-state index in [1.54, 1.807) is 4.31 Å². The van der Waals surface area contributed by atoms with Crippen molar-refractivity contribution in [3.05, 3.63) is 12.3 Å². The molecule has 16 heavy (non-hydrogen) atoms. The van der Waals surface area contributed by atoms with Gasteiger partial charge in [-0.1, -0.05) is 0 Å². The van der Waals surface area contributed by atoms with E-state index in [0.29, 0.717) is 12.5 Å². The van der Waals surface area contributed by atoms with Crippen LogP contribution in [0.15, 0.2) is 17.3 Å². The molecule has 90 valence electrons. The number of H-pyrrole nitrogens is 1. The van der Waals surface area contributed by atoms with Gasteiger partial charge in [0.25, 0.3) is 10.0 Å². The molecule has 1 aliphatic rings. The maximum atomic E-state index is 12.3. The molecule has 5 nitrogen and oxygen atoms in total. The van der Waals surface area contributed by atoms with Crippen molar-refractivity contribution in [1.82, 2.24) is 14.5 Å². The second kappa shape index (κ2) is 4.18. The van der Waals surface area contributed by atoms with Crippen LogP contribution in [0.2, 0.25) is 0 Å². The highest BCUT2D eigenvalue weighted by molar-refractivity contribution is 7.89. The van der Waals surface area contributed by atoms with Crippen molar-refractivity contribution < 1.29 is 8.42 Å². The van der Waals surface area contributed by atoms with E-state index in [4.69, 9.17) is 0 Å². The number of hydrogen-bond donors (Lipinski definition) is 1. The summed E-state index contributed by atoms with van der Waals surface area (Å²) in [5, 5.41) is 6.40. The maximum Gasteiger partial charge on any atom is 0.260 e. The largest absolute Gasteiger partial charge is 0.266 e. The Labute approximate surface area is 95.9 Å². The van der Waals surface area contributed by atoms with Crippen LogP contribution in [-0.4, -0.2) is 35.5 Å². The van der Waals surface area contributed by atoms with Crippen LogP contribution >= 0.6 is 0 Å². The molecule has 0 bridgehead atoms. The lowest BCUT2D eigenvalue weighted by Gasteiger charge is -2.24. The molecule has 0 saturated heterocycles. The SMILES string of the molecule is CC(C)N(CC1CC1)S(=O)(=O)c1ccn[nH]1. The lowest BCUT2D eigenvalue weighted by atomic mass is 10.3. The van der Waals surface area contributed by atoms with Gasteiger partial charge in [0.2, 0.25) is 0 Å². The monoisotopic (exact) mass is 243 g/mol. The second-order valence-corrected chi connectivity index (χ2v) is 6.39. The van der Waals surface area contributed by atoms with E-state index in [1.165, 1.54) is 12.3 Å². The summed E-state index contributed by atoms with van der Waals surface area (Å²) < 4.78 is 26.1. The minimum Gasteiger partial charge on any atom is -0.266 e. The number of sulfonamides is 1. The highest BCUT2D eigenvalue weighted by Gasteiger charge is 2.33. The van der Waals surface area contributed by atoms with Gasteiger partial charge in [-0.25, -0.2) is 8.42 Å². The Morgan fingerprint density at radius 3 is 2.69 bits per heavy atom. The molecule has 0 radical (unpaired) electrons. The predicted molar refractivity (Wildman–Crippen MR) is 60.3 cm³/mol. The van der Waals surface area contributed by atoms with Crippen molar-refractivity contribution in [3.8, 4) is 0 Å². The highest BCUT2D eigenvalue weighted by atomic mass is 32.2. The Morgan fingerprint density at radius 1 is 1.56 bits per heavy atom. The molecule has 0 amide bonds. The summed E-state index contributed by atoms with van der Waals surface area (Å²) in [5.74, 6) is 0.542. The lowest BCUT2D eigenvalue weighted by molar-refractivity contribution is 0.340. The van der Waals surface area contributed by atoms with Gasteiger partial charge in [-0.05, 0) is 38.7 Å². The van der Waals surface area contributed by atoms with Crippen LogP contribution in [-0.2, 0) is 10.0 Å². The Bertz CT molecular complexity index is 435. The van der Waals surface area contributed by atoms with Gasteiger partial charge in [-0.2, -0.15) is 9.40 Å². The van der Waals surface area contributed by atoms with Crippen LogP contribution in [0.5, 0.6) is 0 Å². The molecule has 1 aromatic rings. The molecule has 1 heterocycles. The molecule has 1 fully saturated rings. The zero-order chi connectivity index (χ0) is 11.8. The van der Waals surface area contributed by atoms with E-state index >= 15 is 0 Å². The molecule has 1 aliphatic carbocycles. The van der Waals surface area contributed by atoms with Gasteiger partial charge in [0.15, 0.2) is 5.03 Å². The van der Waals surface area contributed by atoms with Gasteiger partial charge < -0.3 is 0 Å². The molecule has 2 rings (SSSR count). The third-order valence-corrected chi connectivity index (χ3v) is 4.74. The van der Waals surface area contributed by atoms with Crippen LogP contribution in [0.3, 0.4) is 0 Å². The van der Waals surface area contributed by atoms with Crippen molar-refractivity contribution in [2.45, 2.75) is 37.8 Å². The fourth-order valence-electron chi connectivity index (χ4n) is 1.65. The highest BCUT2D eigenvalue weighted by Crippen LogP contribution is 2.32. The molecule has 1 saturated carbocycles. The molecular weight excluding hydrogens is 226 g/mol. The number of hydrogen-bond acceptors (Lipinski definition) is 3. The van der Waals surface area contributed by atoms with Crippen molar-refractivity contribution in [2.24, 2.45) is 5.92 Å². The van der Waals surface area contributed by atoms with E-state index in [2.05, 4.69) is 10.2 Å².